The summed E-state index contributed by atoms with van der Waals surface area (Å²) >= 11 is 6.66. The van der Waals surface area contributed by atoms with Crippen molar-refractivity contribution in [2.24, 2.45) is 0 Å². The Hall–Kier alpha value is -4.27. The van der Waals surface area contributed by atoms with Crippen LogP contribution in [0.5, 0.6) is 0 Å². The van der Waals surface area contributed by atoms with Gasteiger partial charge in [0.1, 0.15) is 0 Å². The summed E-state index contributed by atoms with van der Waals surface area (Å²) in [5, 5.41) is 8.40. The first-order chi connectivity index (χ1) is 17.2. The predicted molar refractivity (Wildman–Crippen MR) is 147 cm³/mol. The lowest BCUT2D eigenvalue weighted by Gasteiger charge is -2.15. The van der Waals surface area contributed by atoms with Gasteiger partial charge in [-0.25, -0.2) is 9.97 Å². The molecule has 0 aliphatic rings. The molecule has 164 valence electrons. The van der Waals surface area contributed by atoms with Crippen molar-refractivity contribution in [3.63, 3.8) is 0 Å². The van der Waals surface area contributed by atoms with Crippen molar-refractivity contribution in [1.82, 2.24) is 9.97 Å². The van der Waals surface area contributed by atoms with Gasteiger partial charge >= 0.3 is 0 Å². The van der Waals surface area contributed by atoms with Crippen LogP contribution in [0.2, 0.25) is 5.02 Å². The minimum atomic E-state index is 0.721. The Kier molecular flexibility index (Phi) is 4.54. The second-order valence-electron chi connectivity index (χ2n) is 8.85. The van der Waals surface area contributed by atoms with Gasteiger partial charge in [0.05, 0.1) is 0 Å². The van der Waals surface area contributed by atoms with Crippen LogP contribution < -0.4 is 0 Å². The van der Waals surface area contributed by atoms with Crippen LogP contribution in [0.3, 0.4) is 0 Å². The third-order valence-electron chi connectivity index (χ3n) is 6.78. The largest absolute Gasteiger partial charge is 0.237 e. The summed E-state index contributed by atoms with van der Waals surface area (Å²) < 4.78 is 0. The zero-order valence-electron chi connectivity index (χ0n) is 18.7. The second kappa shape index (κ2) is 7.90. The predicted octanol–water partition coefficient (Wildman–Crippen LogP) is 9.03. The fourth-order valence-electron chi connectivity index (χ4n) is 5.16. The van der Waals surface area contributed by atoms with E-state index in [1.807, 2.05) is 12.1 Å². The summed E-state index contributed by atoms with van der Waals surface area (Å²) in [7, 11) is 0. The maximum atomic E-state index is 6.66. The molecule has 0 aliphatic carbocycles. The second-order valence-corrected chi connectivity index (χ2v) is 9.28. The Labute approximate surface area is 207 Å². The maximum Gasteiger partial charge on any atom is 0.159 e. The van der Waals surface area contributed by atoms with Crippen molar-refractivity contribution >= 4 is 43.9 Å². The number of rotatable bonds is 3. The van der Waals surface area contributed by atoms with Gasteiger partial charge in [-0.15, -0.1) is 0 Å². The highest BCUT2D eigenvalue weighted by atomic mass is 35.5. The summed E-state index contributed by atoms with van der Waals surface area (Å²) in [4.78, 5) is 8.70. The standard InChI is InChI=1S/C32H19ClN2/c33-27-18-25(20-5-9-24(10-6-20)32-34-15-2-16-35-32)17-26(19-27)28-13-11-23-8-7-21-3-1-4-22-12-14-29(28)31(23)30(21)22/h1-19H. The molecular formula is C32H19ClN2. The van der Waals surface area contributed by atoms with Crippen LogP contribution in [0.15, 0.2) is 116 Å². The van der Waals surface area contributed by atoms with Gasteiger partial charge in [-0.2, -0.15) is 0 Å². The Morgan fingerprint density at radius 2 is 1.11 bits per heavy atom. The summed E-state index contributed by atoms with van der Waals surface area (Å²) in [6, 6.07) is 36.3. The Balaban J connectivity index is 1.38. The van der Waals surface area contributed by atoms with Crippen molar-refractivity contribution in [3.8, 4) is 33.6 Å². The van der Waals surface area contributed by atoms with Crippen LogP contribution in [0, 0.1) is 0 Å². The summed E-state index contributed by atoms with van der Waals surface area (Å²) in [5.41, 5.74) is 5.47. The molecule has 1 heterocycles. The van der Waals surface area contributed by atoms with Gasteiger partial charge in [0.2, 0.25) is 0 Å². The number of hydrogen-bond donors (Lipinski definition) is 0. The van der Waals surface area contributed by atoms with E-state index in [0.29, 0.717) is 0 Å². The van der Waals surface area contributed by atoms with E-state index in [2.05, 4.69) is 101 Å². The van der Waals surface area contributed by atoms with Crippen LogP contribution in [-0.2, 0) is 0 Å². The van der Waals surface area contributed by atoms with E-state index in [1.165, 1.54) is 37.9 Å². The first-order valence-corrected chi connectivity index (χ1v) is 12.0. The van der Waals surface area contributed by atoms with E-state index in [1.54, 1.807) is 12.4 Å². The summed E-state index contributed by atoms with van der Waals surface area (Å²) in [6.07, 6.45) is 3.52. The molecule has 1 aromatic heterocycles. The molecule has 0 amide bonds. The Morgan fingerprint density at radius 3 is 1.89 bits per heavy atom. The normalized spacial score (nSPS) is 11.6. The molecule has 35 heavy (non-hydrogen) atoms. The summed E-state index contributed by atoms with van der Waals surface area (Å²) in [5.74, 6) is 0.722. The van der Waals surface area contributed by atoms with Crippen LogP contribution in [0.1, 0.15) is 0 Å². The van der Waals surface area contributed by atoms with E-state index in [9.17, 15) is 0 Å². The lowest BCUT2D eigenvalue weighted by atomic mass is 9.89. The van der Waals surface area contributed by atoms with Crippen LogP contribution in [0.25, 0.3) is 66.0 Å². The van der Waals surface area contributed by atoms with Gasteiger partial charge in [0.25, 0.3) is 0 Å². The molecular weight excluding hydrogens is 448 g/mol. The quantitative estimate of drug-likeness (QED) is 0.243. The number of hydrogen-bond acceptors (Lipinski definition) is 2. The zero-order chi connectivity index (χ0) is 23.4. The molecule has 7 aromatic rings. The Bertz CT molecular complexity index is 1820. The maximum absolute atomic E-state index is 6.66. The molecule has 0 saturated heterocycles. The molecule has 0 spiro atoms. The molecule has 7 rings (SSSR count). The number of aromatic nitrogens is 2. The fraction of sp³-hybridized carbons (Fsp3) is 0. The van der Waals surface area contributed by atoms with Gasteiger partial charge in [-0.1, -0.05) is 90.5 Å². The van der Waals surface area contributed by atoms with Crippen molar-refractivity contribution in [2.45, 2.75) is 0 Å². The van der Waals surface area contributed by atoms with Gasteiger partial charge in [0, 0.05) is 23.0 Å². The van der Waals surface area contributed by atoms with Crippen LogP contribution >= 0.6 is 11.6 Å². The third-order valence-corrected chi connectivity index (χ3v) is 7.00. The SMILES string of the molecule is Clc1cc(-c2ccc(-c3ncccn3)cc2)cc(-c2ccc3ccc4cccc5ccc2c3c45)c1. The first kappa shape index (κ1) is 20.1. The zero-order valence-corrected chi connectivity index (χ0v) is 19.5. The fourth-order valence-corrected chi connectivity index (χ4v) is 5.39. The molecule has 0 saturated carbocycles. The van der Waals surface area contributed by atoms with Gasteiger partial charge < -0.3 is 0 Å². The van der Waals surface area contributed by atoms with Gasteiger partial charge in [0.15, 0.2) is 5.82 Å². The van der Waals surface area contributed by atoms with E-state index in [4.69, 9.17) is 11.6 Å². The Morgan fingerprint density at radius 1 is 0.486 bits per heavy atom. The minimum absolute atomic E-state index is 0.721. The monoisotopic (exact) mass is 466 g/mol. The average molecular weight is 467 g/mol. The highest BCUT2D eigenvalue weighted by Gasteiger charge is 2.13. The molecule has 0 unspecified atom stereocenters. The highest BCUT2D eigenvalue weighted by molar-refractivity contribution is 6.31. The molecule has 0 aliphatic heterocycles. The lowest BCUT2D eigenvalue weighted by molar-refractivity contribution is 1.18. The van der Waals surface area contributed by atoms with Crippen molar-refractivity contribution in [2.75, 3.05) is 0 Å². The lowest BCUT2D eigenvalue weighted by Crippen LogP contribution is -1.89. The molecule has 0 N–H and O–H groups in total. The van der Waals surface area contributed by atoms with E-state index < -0.39 is 0 Å². The van der Waals surface area contributed by atoms with E-state index in [-0.39, 0.29) is 0 Å². The van der Waals surface area contributed by atoms with Crippen molar-refractivity contribution < 1.29 is 0 Å². The van der Waals surface area contributed by atoms with Crippen LogP contribution in [0.4, 0.5) is 0 Å². The topological polar surface area (TPSA) is 25.8 Å². The number of benzene rings is 6. The van der Waals surface area contributed by atoms with Crippen molar-refractivity contribution in [3.05, 3.63) is 121 Å². The molecule has 0 atom stereocenters. The van der Waals surface area contributed by atoms with E-state index >= 15 is 0 Å². The van der Waals surface area contributed by atoms with Gasteiger partial charge in [-0.05, 0) is 78.8 Å². The molecule has 0 radical (unpaired) electrons. The molecule has 0 fully saturated rings. The number of nitrogens with zero attached hydrogens (tertiary/aromatic N) is 2. The molecule has 3 heteroatoms. The van der Waals surface area contributed by atoms with Crippen molar-refractivity contribution in [1.29, 1.82) is 0 Å². The highest BCUT2D eigenvalue weighted by Crippen LogP contribution is 2.40. The average Bonchev–Trinajstić information content (AvgIpc) is 2.92. The van der Waals surface area contributed by atoms with Crippen LogP contribution in [-0.4, -0.2) is 9.97 Å². The number of halogens is 1. The molecule has 6 aromatic carbocycles. The minimum Gasteiger partial charge on any atom is -0.237 e. The summed E-state index contributed by atoms with van der Waals surface area (Å²) in [6.45, 7) is 0. The van der Waals surface area contributed by atoms with E-state index in [0.717, 1.165) is 33.1 Å². The molecule has 2 nitrogen and oxygen atoms in total. The smallest absolute Gasteiger partial charge is 0.159 e. The van der Waals surface area contributed by atoms with Gasteiger partial charge in [-0.3, -0.25) is 0 Å². The molecule has 0 bridgehead atoms. The first-order valence-electron chi connectivity index (χ1n) is 11.6. The third kappa shape index (κ3) is 3.34.